The van der Waals surface area contributed by atoms with E-state index in [1.165, 1.54) is 7.11 Å². The Morgan fingerprint density at radius 1 is 1.82 bits per heavy atom. The third-order valence-electron chi connectivity index (χ3n) is 2.05. The summed E-state index contributed by atoms with van der Waals surface area (Å²) in [5, 5.41) is 0. The minimum Gasteiger partial charge on any atom is -0.453 e. The van der Waals surface area contributed by atoms with Crippen molar-refractivity contribution >= 4 is 6.09 Å². The molecule has 1 heterocycles. The van der Waals surface area contributed by atoms with Gasteiger partial charge in [-0.3, -0.25) is 0 Å². The smallest absolute Gasteiger partial charge is 0.409 e. The summed E-state index contributed by atoms with van der Waals surface area (Å²) in [6, 6.07) is 0. The second kappa shape index (κ2) is 3.57. The third-order valence-corrected chi connectivity index (χ3v) is 2.05. The molecule has 4 nitrogen and oxygen atoms in total. The van der Waals surface area contributed by atoms with Gasteiger partial charge >= 0.3 is 6.09 Å². The Labute approximate surface area is 66.3 Å². The van der Waals surface area contributed by atoms with Crippen molar-refractivity contribution in [1.29, 1.82) is 0 Å². The fourth-order valence-electron chi connectivity index (χ4n) is 1.32. The topological polar surface area (TPSA) is 55.6 Å². The van der Waals surface area contributed by atoms with Gasteiger partial charge in [0, 0.05) is 13.1 Å². The van der Waals surface area contributed by atoms with E-state index >= 15 is 0 Å². The first-order valence-electron chi connectivity index (χ1n) is 3.81. The van der Waals surface area contributed by atoms with Crippen LogP contribution in [-0.4, -0.2) is 37.7 Å². The first-order valence-corrected chi connectivity index (χ1v) is 3.81. The summed E-state index contributed by atoms with van der Waals surface area (Å²) in [7, 11) is 1.40. The van der Waals surface area contributed by atoms with Crippen molar-refractivity contribution < 1.29 is 9.53 Å². The second-order valence-electron chi connectivity index (χ2n) is 2.81. The molecule has 2 N–H and O–H groups in total. The van der Waals surface area contributed by atoms with E-state index in [9.17, 15) is 4.79 Å². The van der Waals surface area contributed by atoms with Gasteiger partial charge in [0.05, 0.1) is 7.11 Å². The number of nitrogens with zero attached hydrogens (tertiary/aromatic N) is 1. The number of carbonyl (C=O) groups is 1. The highest BCUT2D eigenvalue weighted by Crippen LogP contribution is 2.14. The van der Waals surface area contributed by atoms with Gasteiger partial charge < -0.3 is 15.4 Å². The molecule has 1 rings (SSSR count). The molecule has 64 valence electrons. The molecule has 1 amide bonds. The highest BCUT2D eigenvalue weighted by molar-refractivity contribution is 5.67. The van der Waals surface area contributed by atoms with Crippen LogP contribution >= 0.6 is 0 Å². The normalized spacial score (nSPS) is 23.8. The lowest BCUT2D eigenvalue weighted by atomic mass is 10.1. The summed E-state index contributed by atoms with van der Waals surface area (Å²) >= 11 is 0. The number of rotatable bonds is 1. The van der Waals surface area contributed by atoms with Crippen LogP contribution in [0.15, 0.2) is 0 Å². The summed E-state index contributed by atoms with van der Waals surface area (Å²) in [5.41, 5.74) is 5.46. The van der Waals surface area contributed by atoms with Gasteiger partial charge in [0.25, 0.3) is 0 Å². The van der Waals surface area contributed by atoms with Crippen LogP contribution in [0.1, 0.15) is 6.42 Å². The van der Waals surface area contributed by atoms with Crippen molar-refractivity contribution in [2.75, 3.05) is 26.7 Å². The zero-order chi connectivity index (χ0) is 8.27. The molecule has 1 unspecified atom stereocenters. The fourth-order valence-corrected chi connectivity index (χ4v) is 1.32. The minimum atomic E-state index is -0.235. The maximum atomic E-state index is 10.9. The van der Waals surface area contributed by atoms with E-state index in [4.69, 9.17) is 5.73 Å². The molecule has 0 aromatic rings. The number of nitrogens with two attached hydrogens (primary N) is 1. The van der Waals surface area contributed by atoms with Crippen molar-refractivity contribution in [3.05, 3.63) is 0 Å². The molecule has 1 saturated heterocycles. The molecule has 1 aliphatic rings. The quantitative estimate of drug-likeness (QED) is 0.586. The van der Waals surface area contributed by atoms with Crippen LogP contribution in [0.4, 0.5) is 4.79 Å². The highest BCUT2D eigenvalue weighted by Gasteiger charge is 2.25. The Bertz CT molecular complexity index is 149. The van der Waals surface area contributed by atoms with Crippen molar-refractivity contribution in [3.8, 4) is 0 Å². The van der Waals surface area contributed by atoms with Gasteiger partial charge in [-0.25, -0.2) is 4.79 Å². The van der Waals surface area contributed by atoms with Gasteiger partial charge in [-0.1, -0.05) is 0 Å². The lowest BCUT2D eigenvalue weighted by Gasteiger charge is -2.13. The van der Waals surface area contributed by atoms with E-state index in [1.807, 2.05) is 0 Å². The molecule has 0 spiro atoms. The number of likely N-dealkylation sites (tertiary alicyclic amines) is 1. The lowest BCUT2D eigenvalue weighted by Crippen LogP contribution is -2.29. The molecule has 1 aliphatic heterocycles. The number of methoxy groups -OCH3 is 1. The standard InChI is InChI=1S/C7H14N2O2/c1-11-7(10)9-3-2-6(4-8)5-9/h6H,2-5,8H2,1H3. The van der Waals surface area contributed by atoms with E-state index in [0.29, 0.717) is 12.5 Å². The van der Waals surface area contributed by atoms with Gasteiger partial charge in [0.2, 0.25) is 0 Å². The van der Waals surface area contributed by atoms with E-state index in [0.717, 1.165) is 19.5 Å². The maximum Gasteiger partial charge on any atom is 0.409 e. The maximum absolute atomic E-state index is 10.9. The van der Waals surface area contributed by atoms with Gasteiger partial charge in [-0.2, -0.15) is 0 Å². The summed E-state index contributed by atoms with van der Waals surface area (Å²) in [4.78, 5) is 12.6. The molecule has 0 radical (unpaired) electrons. The third kappa shape index (κ3) is 1.83. The molecule has 0 saturated carbocycles. The zero-order valence-corrected chi connectivity index (χ0v) is 6.75. The van der Waals surface area contributed by atoms with E-state index in [2.05, 4.69) is 4.74 Å². The number of carbonyl (C=O) groups excluding carboxylic acids is 1. The van der Waals surface area contributed by atoms with E-state index in [1.54, 1.807) is 4.90 Å². The summed E-state index contributed by atoms with van der Waals surface area (Å²) in [6.45, 7) is 2.20. The van der Waals surface area contributed by atoms with Crippen LogP contribution < -0.4 is 5.73 Å². The zero-order valence-electron chi connectivity index (χ0n) is 6.75. The molecule has 0 aromatic heterocycles. The van der Waals surface area contributed by atoms with Crippen LogP contribution in [0, 0.1) is 5.92 Å². The van der Waals surface area contributed by atoms with Crippen molar-refractivity contribution in [2.45, 2.75) is 6.42 Å². The van der Waals surface area contributed by atoms with Gasteiger partial charge in [0.15, 0.2) is 0 Å². The molecular weight excluding hydrogens is 144 g/mol. The molecule has 11 heavy (non-hydrogen) atoms. The lowest BCUT2D eigenvalue weighted by molar-refractivity contribution is 0.131. The number of amides is 1. The minimum absolute atomic E-state index is 0.235. The first-order chi connectivity index (χ1) is 5.27. The van der Waals surface area contributed by atoms with Crippen LogP contribution in [0.5, 0.6) is 0 Å². The Morgan fingerprint density at radius 2 is 2.55 bits per heavy atom. The van der Waals surface area contributed by atoms with Crippen LogP contribution in [0.25, 0.3) is 0 Å². The molecule has 0 aliphatic carbocycles. The van der Waals surface area contributed by atoms with Crippen LogP contribution in [0.3, 0.4) is 0 Å². The molecule has 1 atom stereocenters. The predicted octanol–water partition coefficient (Wildman–Crippen LogP) is 0.0334. The van der Waals surface area contributed by atoms with E-state index < -0.39 is 0 Å². The molecule has 1 fully saturated rings. The number of hydrogen-bond donors (Lipinski definition) is 1. The average Bonchev–Trinajstić information content (AvgIpc) is 2.50. The highest BCUT2D eigenvalue weighted by atomic mass is 16.5. The number of hydrogen-bond acceptors (Lipinski definition) is 3. The number of ether oxygens (including phenoxy) is 1. The fraction of sp³-hybridized carbons (Fsp3) is 0.857. The Kier molecular flexibility index (Phi) is 2.70. The first kappa shape index (κ1) is 8.33. The Morgan fingerprint density at radius 3 is 3.00 bits per heavy atom. The Balaban J connectivity index is 2.35. The molecule has 4 heteroatoms. The molecular formula is C7H14N2O2. The Hall–Kier alpha value is -0.770. The van der Waals surface area contributed by atoms with Gasteiger partial charge in [-0.05, 0) is 18.9 Å². The summed E-state index contributed by atoms with van der Waals surface area (Å²) < 4.78 is 4.57. The largest absolute Gasteiger partial charge is 0.453 e. The second-order valence-corrected chi connectivity index (χ2v) is 2.81. The SMILES string of the molecule is COC(=O)N1CCC(CN)C1. The van der Waals surface area contributed by atoms with E-state index in [-0.39, 0.29) is 6.09 Å². The van der Waals surface area contributed by atoms with Crippen LogP contribution in [0.2, 0.25) is 0 Å². The van der Waals surface area contributed by atoms with Crippen molar-refractivity contribution in [2.24, 2.45) is 11.7 Å². The van der Waals surface area contributed by atoms with Crippen molar-refractivity contribution in [1.82, 2.24) is 4.90 Å². The van der Waals surface area contributed by atoms with Gasteiger partial charge in [0.1, 0.15) is 0 Å². The monoisotopic (exact) mass is 158 g/mol. The molecule has 0 aromatic carbocycles. The predicted molar refractivity (Wildman–Crippen MR) is 41.1 cm³/mol. The van der Waals surface area contributed by atoms with Crippen molar-refractivity contribution in [3.63, 3.8) is 0 Å². The van der Waals surface area contributed by atoms with Gasteiger partial charge in [-0.15, -0.1) is 0 Å². The summed E-state index contributed by atoms with van der Waals surface area (Å²) in [5.74, 6) is 0.467. The molecule has 0 bridgehead atoms. The van der Waals surface area contributed by atoms with Crippen LogP contribution in [-0.2, 0) is 4.74 Å². The summed E-state index contributed by atoms with van der Waals surface area (Å²) in [6.07, 6.45) is 0.770. The average molecular weight is 158 g/mol.